The lowest BCUT2D eigenvalue weighted by atomic mass is 10.1. The van der Waals surface area contributed by atoms with Crippen molar-refractivity contribution in [2.75, 3.05) is 10.6 Å². The van der Waals surface area contributed by atoms with Crippen LogP contribution in [0.4, 0.5) is 21.8 Å². The van der Waals surface area contributed by atoms with Crippen molar-refractivity contribution < 1.29 is 4.39 Å². The molecular weight excluding hydrogens is 397 g/mol. The maximum atomic E-state index is 13.1. The van der Waals surface area contributed by atoms with Crippen molar-refractivity contribution in [3.63, 3.8) is 0 Å². The predicted octanol–water partition coefficient (Wildman–Crippen LogP) is 5.37. The first-order valence-corrected chi connectivity index (χ1v) is 9.39. The van der Waals surface area contributed by atoms with Gasteiger partial charge in [0.1, 0.15) is 11.6 Å². The Morgan fingerprint density at radius 3 is 2.43 bits per heavy atom. The fraction of sp³-hybridized carbons (Fsp3) is 0.150. The molecule has 0 aliphatic rings. The molecule has 5 nitrogen and oxygen atoms in total. The smallest absolute Gasteiger partial charge is 0.231 e. The van der Waals surface area contributed by atoms with Crippen LogP contribution in [-0.2, 0) is 0 Å². The van der Waals surface area contributed by atoms with E-state index < -0.39 is 0 Å². The second kappa shape index (κ2) is 8.95. The third kappa shape index (κ3) is 5.61. The normalized spacial score (nSPS) is 11.6. The highest BCUT2D eigenvalue weighted by Crippen LogP contribution is 2.18. The van der Waals surface area contributed by atoms with Gasteiger partial charge in [0.15, 0.2) is 5.11 Å². The van der Waals surface area contributed by atoms with Crippen LogP contribution in [0.25, 0.3) is 0 Å². The van der Waals surface area contributed by atoms with Crippen LogP contribution in [0.15, 0.2) is 54.6 Å². The zero-order valence-electron chi connectivity index (χ0n) is 15.3. The second-order valence-electron chi connectivity index (χ2n) is 6.22. The third-order valence-corrected chi connectivity index (χ3v) is 4.39. The van der Waals surface area contributed by atoms with Crippen LogP contribution in [0.2, 0.25) is 5.02 Å². The van der Waals surface area contributed by atoms with Crippen molar-refractivity contribution in [2.24, 2.45) is 0 Å². The highest BCUT2D eigenvalue weighted by molar-refractivity contribution is 7.80. The zero-order chi connectivity index (χ0) is 20.1. The molecule has 0 bridgehead atoms. The van der Waals surface area contributed by atoms with Crippen LogP contribution >= 0.6 is 23.8 Å². The van der Waals surface area contributed by atoms with Crippen molar-refractivity contribution in [3.8, 4) is 0 Å². The van der Waals surface area contributed by atoms with Gasteiger partial charge >= 0.3 is 0 Å². The molecule has 0 aliphatic carbocycles. The summed E-state index contributed by atoms with van der Waals surface area (Å²) >= 11 is 11.3. The molecule has 2 aromatic carbocycles. The number of anilines is 3. The van der Waals surface area contributed by atoms with Gasteiger partial charge in [-0.05, 0) is 68.0 Å². The molecule has 1 aromatic heterocycles. The van der Waals surface area contributed by atoms with Gasteiger partial charge in [0.25, 0.3) is 0 Å². The van der Waals surface area contributed by atoms with E-state index in [1.54, 1.807) is 18.2 Å². The van der Waals surface area contributed by atoms with E-state index in [1.807, 2.05) is 38.1 Å². The molecule has 8 heteroatoms. The van der Waals surface area contributed by atoms with Gasteiger partial charge in [-0.15, -0.1) is 0 Å². The van der Waals surface area contributed by atoms with Crippen LogP contribution in [0.5, 0.6) is 0 Å². The minimum atomic E-state index is -0.294. The molecule has 0 saturated heterocycles. The van der Waals surface area contributed by atoms with Crippen LogP contribution in [0.1, 0.15) is 24.2 Å². The summed E-state index contributed by atoms with van der Waals surface area (Å²) < 4.78 is 13.1. The first kappa shape index (κ1) is 20.0. The van der Waals surface area contributed by atoms with Gasteiger partial charge in [-0.2, -0.15) is 4.98 Å². The summed E-state index contributed by atoms with van der Waals surface area (Å²) in [6.45, 7) is 3.85. The third-order valence-electron chi connectivity index (χ3n) is 3.91. The monoisotopic (exact) mass is 415 g/mol. The van der Waals surface area contributed by atoms with E-state index in [4.69, 9.17) is 23.8 Å². The molecule has 0 saturated carbocycles. The lowest BCUT2D eigenvalue weighted by molar-refractivity contribution is 0.628. The molecule has 1 unspecified atom stereocenters. The number of rotatable bonds is 5. The van der Waals surface area contributed by atoms with Crippen LogP contribution in [0.3, 0.4) is 0 Å². The van der Waals surface area contributed by atoms with Gasteiger partial charge < -0.3 is 16.0 Å². The number of halogens is 2. The largest absolute Gasteiger partial charge is 0.356 e. The van der Waals surface area contributed by atoms with Crippen LogP contribution in [-0.4, -0.2) is 15.1 Å². The number of hydrogen-bond acceptors (Lipinski definition) is 4. The minimum absolute atomic E-state index is 0.0149. The number of aromatic nitrogens is 2. The Morgan fingerprint density at radius 2 is 1.75 bits per heavy atom. The van der Waals surface area contributed by atoms with Crippen LogP contribution < -0.4 is 16.0 Å². The quantitative estimate of drug-likeness (QED) is 0.487. The van der Waals surface area contributed by atoms with Crippen LogP contribution in [0, 0.1) is 12.7 Å². The number of benzene rings is 2. The molecule has 144 valence electrons. The Kier molecular flexibility index (Phi) is 6.38. The second-order valence-corrected chi connectivity index (χ2v) is 7.07. The van der Waals surface area contributed by atoms with E-state index in [1.165, 1.54) is 12.1 Å². The number of hydrogen-bond donors (Lipinski definition) is 3. The molecule has 3 rings (SSSR count). The fourth-order valence-electron chi connectivity index (χ4n) is 2.54. The summed E-state index contributed by atoms with van der Waals surface area (Å²) in [7, 11) is 0. The first-order valence-electron chi connectivity index (χ1n) is 8.60. The van der Waals surface area contributed by atoms with Crippen molar-refractivity contribution in [1.29, 1.82) is 0 Å². The molecular formula is C20H19ClFN5S. The number of aryl methyl sites for hydroxylation is 1. The van der Waals surface area contributed by atoms with Gasteiger partial charge in [-0.1, -0.05) is 23.7 Å². The van der Waals surface area contributed by atoms with E-state index in [0.29, 0.717) is 21.9 Å². The first-order chi connectivity index (χ1) is 13.4. The summed E-state index contributed by atoms with van der Waals surface area (Å²) in [6.07, 6.45) is 0. The zero-order valence-corrected chi connectivity index (χ0v) is 16.9. The van der Waals surface area contributed by atoms with Gasteiger partial charge in [0.05, 0.1) is 6.04 Å². The van der Waals surface area contributed by atoms with E-state index in [2.05, 4.69) is 25.9 Å². The average Bonchev–Trinajstić information content (AvgIpc) is 2.63. The Hall–Kier alpha value is -2.77. The summed E-state index contributed by atoms with van der Waals surface area (Å²) in [4.78, 5) is 8.76. The van der Waals surface area contributed by atoms with Crippen molar-refractivity contribution >= 4 is 46.4 Å². The van der Waals surface area contributed by atoms with Crippen molar-refractivity contribution in [2.45, 2.75) is 19.9 Å². The van der Waals surface area contributed by atoms with E-state index >= 15 is 0 Å². The Balaban J connectivity index is 1.66. The van der Waals surface area contributed by atoms with E-state index in [-0.39, 0.29) is 11.9 Å². The number of thiocarbonyl (C=S) groups is 1. The maximum Gasteiger partial charge on any atom is 0.231 e. The number of nitrogens with one attached hydrogen (secondary N) is 3. The highest BCUT2D eigenvalue weighted by atomic mass is 35.5. The molecule has 1 heterocycles. The van der Waals surface area contributed by atoms with E-state index in [9.17, 15) is 4.39 Å². The summed E-state index contributed by atoms with van der Waals surface area (Å²) in [5.74, 6) is 0.651. The summed E-state index contributed by atoms with van der Waals surface area (Å²) in [5.41, 5.74) is 2.54. The fourth-order valence-corrected chi connectivity index (χ4v) is 2.93. The Morgan fingerprint density at radius 1 is 1.07 bits per heavy atom. The van der Waals surface area contributed by atoms with Crippen molar-refractivity contribution in [1.82, 2.24) is 15.3 Å². The maximum absolute atomic E-state index is 13.1. The molecule has 0 aliphatic heterocycles. The summed E-state index contributed by atoms with van der Waals surface area (Å²) in [5, 5.41) is 10.4. The SMILES string of the molecule is Cc1cc(Nc2ccc(F)cc2)nc(NC(=S)NC(C)c2ccc(Cl)cc2)n1. The minimum Gasteiger partial charge on any atom is -0.356 e. The van der Waals surface area contributed by atoms with Gasteiger partial charge in [-0.3, -0.25) is 0 Å². The molecule has 0 amide bonds. The standard InChI is InChI=1S/C20H19ClFN5S/c1-12-11-18(25-17-9-7-16(22)8-10-17)26-19(23-12)27-20(28)24-13(2)14-3-5-15(21)6-4-14/h3-11,13H,1-2H3,(H3,23,24,25,26,27,28). The molecule has 3 N–H and O–H groups in total. The van der Waals surface area contributed by atoms with Gasteiger partial charge in [0, 0.05) is 22.5 Å². The predicted molar refractivity (Wildman–Crippen MR) is 116 cm³/mol. The lowest BCUT2D eigenvalue weighted by Crippen LogP contribution is -2.31. The molecule has 3 aromatic rings. The van der Waals surface area contributed by atoms with Gasteiger partial charge in [-0.25, -0.2) is 9.37 Å². The molecule has 0 spiro atoms. The van der Waals surface area contributed by atoms with Crippen molar-refractivity contribution in [3.05, 3.63) is 76.7 Å². The molecule has 0 fully saturated rings. The highest BCUT2D eigenvalue weighted by Gasteiger charge is 2.09. The Bertz CT molecular complexity index is 963. The molecule has 0 radical (unpaired) electrons. The van der Waals surface area contributed by atoms with Gasteiger partial charge in [0.2, 0.25) is 5.95 Å². The number of nitrogens with zero attached hydrogens (tertiary/aromatic N) is 2. The lowest BCUT2D eigenvalue weighted by Gasteiger charge is -2.17. The topological polar surface area (TPSA) is 61.9 Å². The van der Waals surface area contributed by atoms with E-state index in [0.717, 1.165) is 16.9 Å². The average molecular weight is 416 g/mol. The molecule has 28 heavy (non-hydrogen) atoms. The Labute approximate surface area is 173 Å². The summed E-state index contributed by atoms with van der Waals surface area (Å²) in [6, 6.07) is 15.4. The molecule has 1 atom stereocenters.